The number of carbonyl (C=O) groups excluding carboxylic acids is 1. The summed E-state index contributed by atoms with van der Waals surface area (Å²) in [6.45, 7) is 0. The Labute approximate surface area is 81.8 Å². The van der Waals surface area contributed by atoms with Gasteiger partial charge in [0.25, 0.3) is 5.91 Å². The smallest absolute Gasteiger partial charge is 0.335 e. The summed E-state index contributed by atoms with van der Waals surface area (Å²) in [6.07, 6.45) is 0. The third kappa shape index (κ3) is 2.10. The molecule has 0 aliphatic rings. The van der Waals surface area contributed by atoms with Crippen LogP contribution in [0, 0.1) is 6.07 Å². The second-order valence-corrected chi connectivity index (χ2v) is 3.02. The number of benzene rings is 1. The first-order valence-electron chi connectivity index (χ1n) is 3.98. The molecule has 0 bridgehead atoms. The summed E-state index contributed by atoms with van der Waals surface area (Å²) in [6, 6.07) is 6.75. The summed E-state index contributed by atoms with van der Waals surface area (Å²) >= 11 is 0. The second kappa shape index (κ2) is 3.91. The first-order valence-corrected chi connectivity index (χ1v) is 3.98. The SMILES string of the molecule is CN(C)C(=O)c1c[c]cc(C(=O)O)c1. The number of amides is 1. The fourth-order valence-corrected chi connectivity index (χ4v) is 0.977. The molecule has 1 radical (unpaired) electrons. The van der Waals surface area contributed by atoms with E-state index in [1.54, 1.807) is 14.1 Å². The van der Waals surface area contributed by atoms with Gasteiger partial charge in [-0.05, 0) is 24.3 Å². The molecule has 0 fully saturated rings. The van der Waals surface area contributed by atoms with Crippen LogP contribution in [0.4, 0.5) is 0 Å². The maximum atomic E-state index is 11.4. The number of aromatic carboxylic acids is 1. The lowest BCUT2D eigenvalue weighted by molar-refractivity contribution is 0.0697. The molecule has 0 aromatic heterocycles. The van der Waals surface area contributed by atoms with Crippen molar-refractivity contribution in [2.24, 2.45) is 0 Å². The molecule has 0 saturated carbocycles. The fraction of sp³-hybridized carbons (Fsp3) is 0.200. The van der Waals surface area contributed by atoms with Crippen molar-refractivity contribution in [1.29, 1.82) is 0 Å². The van der Waals surface area contributed by atoms with Crippen molar-refractivity contribution in [2.45, 2.75) is 0 Å². The lowest BCUT2D eigenvalue weighted by atomic mass is 10.1. The second-order valence-electron chi connectivity index (χ2n) is 3.02. The predicted molar refractivity (Wildman–Crippen MR) is 50.3 cm³/mol. The molecular weight excluding hydrogens is 182 g/mol. The quantitative estimate of drug-likeness (QED) is 0.756. The molecule has 14 heavy (non-hydrogen) atoms. The highest BCUT2D eigenvalue weighted by molar-refractivity contribution is 5.97. The molecule has 0 heterocycles. The maximum Gasteiger partial charge on any atom is 0.335 e. The van der Waals surface area contributed by atoms with Crippen LogP contribution >= 0.6 is 0 Å². The Morgan fingerprint density at radius 2 is 1.86 bits per heavy atom. The monoisotopic (exact) mass is 192 g/mol. The minimum atomic E-state index is -1.06. The minimum Gasteiger partial charge on any atom is -0.478 e. The molecule has 4 nitrogen and oxygen atoms in total. The molecule has 1 rings (SSSR count). The van der Waals surface area contributed by atoms with Gasteiger partial charge in [-0.2, -0.15) is 0 Å². The van der Waals surface area contributed by atoms with Crippen LogP contribution in [0.2, 0.25) is 0 Å². The first-order chi connectivity index (χ1) is 6.52. The molecule has 1 amide bonds. The zero-order valence-electron chi connectivity index (χ0n) is 7.94. The summed E-state index contributed by atoms with van der Waals surface area (Å²) in [5.74, 6) is -1.29. The summed E-state index contributed by atoms with van der Waals surface area (Å²) in [5, 5.41) is 8.68. The number of carbonyl (C=O) groups is 2. The highest BCUT2D eigenvalue weighted by atomic mass is 16.4. The van der Waals surface area contributed by atoms with E-state index in [0.717, 1.165) is 0 Å². The van der Waals surface area contributed by atoms with Gasteiger partial charge in [-0.25, -0.2) is 4.79 Å². The van der Waals surface area contributed by atoms with Crippen LogP contribution in [0.1, 0.15) is 20.7 Å². The standard InChI is InChI=1S/C10H10NO3/c1-11(2)9(12)7-4-3-5-8(6-7)10(13)14/h4-6H,1-2H3,(H,13,14). The highest BCUT2D eigenvalue weighted by Crippen LogP contribution is 2.06. The van der Waals surface area contributed by atoms with Gasteiger partial charge >= 0.3 is 5.97 Å². The van der Waals surface area contributed by atoms with E-state index in [4.69, 9.17) is 5.11 Å². The van der Waals surface area contributed by atoms with Crippen LogP contribution in [0.5, 0.6) is 0 Å². The third-order valence-corrected chi connectivity index (χ3v) is 1.69. The third-order valence-electron chi connectivity index (χ3n) is 1.69. The Morgan fingerprint density at radius 3 is 2.36 bits per heavy atom. The van der Waals surface area contributed by atoms with E-state index in [1.807, 2.05) is 0 Å². The normalized spacial score (nSPS) is 9.57. The van der Waals surface area contributed by atoms with Gasteiger partial charge in [0, 0.05) is 19.7 Å². The molecule has 1 aromatic rings. The van der Waals surface area contributed by atoms with Crippen molar-refractivity contribution in [2.75, 3.05) is 14.1 Å². The van der Waals surface area contributed by atoms with E-state index in [0.29, 0.717) is 5.56 Å². The molecule has 0 aliphatic carbocycles. The molecule has 73 valence electrons. The number of hydrogen-bond donors (Lipinski definition) is 1. The Balaban J connectivity index is 3.06. The molecule has 0 saturated heterocycles. The number of rotatable bonds is 2. The fourth-order valence-electron chi connectivity index (χ4n) is 0.977. The largest absolute Gasteiger partial charge is 0.478 e. The van der Waals surface area contributed by atoms with Gasteiger partial charge < -0.3 is 10.0 Å². The zero-order valence-corrected chi connectivity index (χ0v) is 7.94. The lowest BCUT2D eigenvalue weighted by Crippen LogP contribution is -2.21. The van der Waals surface area contributed by atoms with Crippen LogP contribution in [-0.2, 0) is 0 Å². The van der Waals surface area contributed by atoms with E-state index in [2.05, 4.69) is 6.07 Å². The van der Waals surface area contributed by atoms with Crippen LogP contribution in [0.25, 0.3) is 0 Å². The average molecular weight is 192 g/mol. The molecule has 4 heteroatoms. The number of carboxylic acids is 1. The van der Waals surface area contributed by atoms with E-state index in [9.17, 15) is 9.59 Å². The molecule has 1 N–H and O–H groups in total. The molecule has 0 atom stereocenters. The van der Waals surface area contributed by atoms with Gasteiger partial charge in [0.15, 0.2) is 0 Å². The van der Waals surface area contributed by atoms with Gasteiger partial charge in [-0.15, -0.1) is 0 Å². The maximum absolute atomic E-state index is 11.4. The zero-order chi connectivity index (χ0) is 10.7. The Morgan fingerprint density at radius 1 is 1.29 bits per heavy atom. The van der Waals surface area contributed by atoms with Crippen LogP contribution in [-0.4, -0.2) is 36.0 Å². The van der Waals surface area contributed by atoms with Gasteiger partial charge in [0.1, 0.15) is 0 Å². The van der Waals surface area contributed by atoms with Crippen molar-refractivity contribution < 1.29 is 14.7 Å². The van der Waals surface area contributed by atoms with E-state index in [1.165, 1.54) is 23.1 Å². The van der Waals surface area contributed by atoms with Crippen molar-refractivity contribution in [3.05, 3.63) is 35.4 Å². The molecule has 0 unspecified atom stereocenters. The molecule has 1 aromatic carbocycles. The van der Waals surface area contributed by atoms with Gasteiger partial charge in [0.05, 0.1) is 5.56 Å². The first kappa shape index (κ1) is 10.2. The van der Waals surface area contributed by atoms with E-state index < -0.39 is 5.97 Å². The van der Waals surface area contributed by atoms with E-state index >= 15 is 0 Å². The molecule has 0 aliphatic heterocycles. The number of carboxylic acid groups (broad SMARTS) is 1. The lowest BCUT2D eigenvalue weighted by Gasteiger charge is -2.09. The van der Waals surface area contributed by atoms with Gasteiger partial charge in [-0.1, -0.05) is 0 Å². The Kier molecular flexibility index (Phi) is 2.86. The van der Waals surface area contributed by atoms with Gasteiger partial charge in [-0.3, -0.25) is 4.79 Å². The van der Waals surface area contributed by atoms with E-state index in [-0.39, 0.29) is 11.5 Å². The molecule has 0 spiro atoms. The van der Waals surface area contributed by atoms with Crippen LogP contribution in [0.15, 0.2) is 18.2 Å². The number of nitrogens with zero attached hydrogens (tertiary/aromatic N) is 1. The summed E-state index contributed by atoms with van der Waals surface area (Å²) in [4.78, 5) is 23.4. The van der Waals surface area contributed by atoms with Crippen LogP contribution < -0.4 is 0 Å². The highest BCUT2D eigenvalue weighted by Gasteiger charge is 2.10. The minimum absolute atomic E-state index is 0.0673. The molecular formula is C10H10NO3. The van der Waals surface area contributed by atoms with Crippen molar-refractivity contribution in [1.82, 2.24) is 4.90 Å². The van der Waals surface area contributed by atoms with Crippen molar-refractivity contribution in [3.63, 3.8) is 0 Å². The van der Waals surface area contributed by atoms with Crippen molar-refractivity contribution >= 4 is 11.9 Å². The predicted octanol–water partition coefficient (Wildman–Crippen LogP) is 0.887. The van der Waals surface area contributed by atoms with Crippen molar-refractivity contribution in [3.8, 4) is 0 Å². The average Bonchev–Trinajstić information content (AvgIpc) is 2.16. The summed E-state index contributed by atoms with van der Waals surface area (Å²) in [7, 11) is 3.21. The number of hydrogen-bond acceptors (Lipinski definition) is 2. The summed E-state index contributed by atoms with van der Waals surface area (Å²) in [5.41, 5.74) is 0.396. The van der Waals surface area contributed by atoms with Gasteiger partial charge in [0.2, 0.25) is 0 Å². The van der Waals surface area contributed by atoms with Crippen LogP contribution in [0.3, 0.4) is 0 Å². The summed E-state index contributed by atoms with van der Waals surface area (Å²) < 4.78 is 0. The Hall–Kier alpha value is -1.84. The Bertz CT molecular complexity index is 371. The topological polar surface area (TPSA) is 57.6 Å².